The minimum absolute atomic E-state index is 0.728. The number of nitrogens with zero attached hydrogens (tertiary/aromatic N) is 9. The van der Waals surface area contributed by atoms with Gasteiger partial charge in [-0.1, -0.05) is 48.5 Å². The molecule has 0 N–H and O–H groups in total. The Morgan fingerprint density at radius 2 is 1.11 bits per heavy atom. The Balaban J connectivity index is 1.07. The Morgan fingerprint density at radius 3 is 1.63 bits per heavy atom. The van der Waals surface area contributed by atoms with Crippen LogP contribution in [0.25, 0.3) is 33.7 Å². The normalized spacial score (nSPS) is 17.6. The molecular weight excluding hydrogens is 570 g/mol. The topological polar surface area (TPSA) is 68.4 Å². The highest BCUT2D eigenvalue weighted by molar-refractivity contribution is 5.93. The summed E-state index contributed by atoms with van der Waals surface area (Å²) < 4.78 is 2.07. The zero-order chi connectivity index (χ0) is 31.7. The van der Waals surface area contributed by atoms with Gasteiger partial charge in [-0.3, -0.25) is 9.98 Å². The third kappa shape index (κ3) is 8.53. The molecule has 0 saturated carbocycles. The summed E-state index contributed by atoms with van der Waals surface area (Å²) in [6, 6.07) is 19.1. The average Bonchev–Trinajstić information content (AvgIpc) is 3.46. The number of aromatic nitrogens is 3. The van der Waals surface area contributed by atoms with E-state index in [0.29, 0.717) is 0 Å². The first kappa shape index (κ1) is 32.2. The maximum absolute atomic E-state index is 5.08. The Bertz CT molecular complexity index is 1590. The van der Waals surface area contributed by atoms with Crippen LogP contribution in [0.2, 0.25) is 0 Å². The van der Waals surface area contributed by atoms with E-state index in [4.69, 9.17) is 15.0 Å². The second-order valence-corrected chi connectivity index (χ2v) is 12.9. The van der Waals surface area contributed by atoms with Crippen LogP contribution in [0.4, 0.5) is 0 Å². The van der Waals surface area contributed by atoms with E-state index in [0.717, 1.165) is 123 Å². The summed E-state index contributed by atoms with van der Waals surface area (Å²) in [5, 5.41) is 1.05. The number of rotatable bonds is 12. The SMILES string of the molecule is CN1CCN(CCC/N=C\c2ccc(-c3nc(-c4ccc(/C=N/CCCN5CCN(C)CC5)cc4)nc4c3ccn4C)cc2)CC1. The van der Waals surface area contributed by atoms with Crippen LogP contribution < -0.4 is 0 Å². The maximum Gasteiger partial charge on any atom is 0.162 e. The summed E-state index contributed by atoms with van der Waals surface area (Å²) in [6.45, 7) is 13.3. The molecule has 2 aliphatic rings. The van der Waals surface area contributed by atoms with Crippen molar-refractivity contribution in [3.05, 3.63) is 71.9 Å². The number of benzene rings is 2. The van der Waals surface area contributed by atoms with E-state index in [1.54, 1.807) is 0 Å². The molecule has 2 fully saturated rings. The molecule has 2 aliphatic heterocycles. The van der Waals surface area contributed by atoms with Crippen LogP contribution in [0.3, 0.4) is 0 Å². The number of hydrogen-bond acceptors (Lipinski definition) is 8. The lowest BCUT2D eigenvalue weighted by atomic mass is 10.1. The highest BCUT2D eigenvalue weighted by atomic mass is 15.2. The summed E-state index contributed by atoms with van der Waals surface area (Å²) in [7, 11) is 6.44. The van der Waals surface area contributed by atoms with Crippen molar-refractivity contribution < 1.29 is 0 Å². The molecule has 9 nitrogen and oxygen atoms in total. The van der Waals surface area contributed by atoms with Crippen LogP contribution in [-0.2, 0) is 7.05 Å². The fraction of sp³-hybridized carbons (Fsp3) is 0.459. The highest BCUT2D eigenvalue weighted by Gasteiger charge is 2.15. The number of fused-ring (bicyclic) bond motifs is 1. The van der Waals surface area contributed by atoms with Gasteiger partial charge in [0.15, 0.2) is 5.82 Å². The molecule has 0 aliphatic carbocycles. The molecule has 4 aromatic rings. The first-order chi connectivity index (χ1) is 22.5. The molecule has 0 bridgehead atoms. The Labute approximate surface area is 274 Å². The van der Waals surface area contributed by atoms with Crippen LogP contribution in [-0.4, -0.2) is 139 Å². The van der Waals surface area contributed by atoms with Gasteiger partial charge in [0, 0.05) is 108 Å². The van der Waals surface area contributed by atoms with E-state index in [1.165, 1.54) is 13.1 Å². The molecule has 242 valence electrons. The van der Waals surface area contributed by atoms with Crippen molar-refractivity contribution >= 4 is 23.5 Å². The van der Waals surface area contributed by atoms with E-state index in [-0.39, 0.29) is 0 Å². The summed E-state index contributed by atoms with van der Waals surface area (Å²) in [6.07, 6.45) is 8.23. The second kappa shape index (κ2) is 15.7. The molecule has 0 atom stereocenters. The van der Waals surface area contributed by atoms with Gasteiger partial charge in [0.25, 0.3) is 0 Å². The van der Waals surface area contributed by atoms with Crippen molar-refractivity contribution in [2.75, 3.05) is 92.6 Å². The molecule has 6 rings (SSSR count). The molecule has 0 unspecified atom stereocenters. The summed E-state index contributed by atoms with van der Waals surface area (Å²) >= 11 is 0. The molecule has 0 radical (unpaired) electrons. The van der Waals surface area contributed by atoms with E-state index >= 15 is 0 Å². The second-order valence-electron chi connectivity index (χ2n) is 12.9. The molecule has 2 aromatic carbocycles. The summed E-state index contributed by atoms with van der Waals surface area (Å²) in [4.78, 5) is 29.3. The number of aliphatic imine (C=N–C) groups is 2. The molecule has 2 aromatic heterocycles. The van der Waals surface area contributed by atoms with Gasteiger partial charge in [-0.2, -0.15) is 0 Å². The van der Waals surface area contributed by atoms with Crippen LogP contribution in [0.15, 0.2) is 70.8 Å². The lowest BCUT2D eigenvalue weighted by Crippen LogP contribution is -2.44. The Morgan fingerprint density at radius 1 is 0.609 bits per heavy atom. The summed E-state index contributed by atoms with van der Waals surface area (Å²) in [5.74, 6) is 0.728. The zero-order valence-electron chi connectivity index (χ0n) is 27.9. The smallest absolute Gasteiger partial charge is 0.162 e. The van der Waals surface area contributed by atoms with Crippen molar-refractivity contribution in [2.24, 2.45) is 17.0 Å². The largest absolute Gasteiger partial charge is 0.335 e. The standard InChI is InChI=1S/C37H49N9/c1-42-20-24-45(25-21-42)17-4-15-38-28-30-6-10-32(11-7-30)35-34-14-19-44(3)37(34)41-36(40-35)33-12-8-31(9-13-33)29-39-16-5-18-46-26-22-43(2)23-27-46/h6-14,19,28-29H,4-5,15-18,20-27H2,1-3H3/b38-28-,39-29+. The van der Waals surface area contributed by atoms with Gasteiger partial charge in [0.2, 0.25) is 0 Å². The van der Waals surface area contributed by atoms with Crippen LogP contribution in [0, 0.1) is 0 Å². The molecule has 9 heteroatoms. The van der Waals surface area contributed by atoms with Gasteiger partial charge < -0.3 is 24.2 Å². The quantitative estimate of drug-likeness (QED) is 0.173. The monoisotopic (exact) mass is 619 g/mol. The first-order valence-electron chi connectivity index (χ1n) is 16.9. The number of piperazine rings is 2. The molecule has 2 saturated heterocycles. The number of hydrogen-bond donors (Lipinski definition) is 0. The molecule has 46 heavy (non-hydrogen) atoms. The summed E-state index contributed by atoms with van der Waals surface area (Å²) in [5.41, 5.74) is 6.15. The minimum atomic E-state index is 0.728. The minimum Gasteiger partial charge on any atom is -0.335 e. The molecular formula is C37H49N9. The van der Waals surface area contributed by atoms with Crippen LogP contribution >= 0.6 is 0 Å². The average molecular weight is 620 g/mol. The Kier molecular flexibility index (Phi) is 11.0. The van der Waals surface area contributed by atoms with E-state index in [9.17, 15) is 0 Å². The number of likely N-dealkylation sites (N-methyl/N-ethyl adjacent to an activating group) is 2. The third-order valence-electron chi connectivity index (χ3n) is 9.27. The van der Waals surface area contributed by atoms with Crippen molar-refractivity contribution in [3.8, 4) is 22.6 Å². The lowest BCUT2D eigenvalue weighted by Gasteiger charge is -2.32. The van der Waals surface area contributed by atoms with E-state index in [2.05, 4.69) is 104 Å². The molecule has 4 heterocycles. The van der Waals surface area contributed by atoms with Gasteiger partial charge >= 0.3 is 0 Å². The maximum atomic E-state index is 5.08. The lowest BCUT2D eigenvalue weighted by molar-refractivity contribution is 0.153. The molecule has 0 spiro atoms. The third-order valence-corrected chi connectivity index (χ3v) is 9.27. The predicted octanol–water partition coefficient (Wildman–Crippen LogP) is 4.42. The van der Waals surface area contributed by atoms with Gasteiger partial charge in [0.1, 0.15) is 5.65 Å². The van der Waals surface area contributed by atoms with Crippen molar-refractivity contribution in [2.45, 2.75) is 12.8 Å². The van der Waals surface area contributed by atoms with E-state index in [1.807, 2.05) is 19.5 Å². The van der Waals surface area contributed by atoms with Crippen molar-refractivity contribution in [1.82, 2.24) is 34.1 Å². The van der Waals surface area contributed by atoms with Crippen molar-refractivity contribution in [1.29, 1.82) is 0 Å². The first-order valence-corrected chi connectivity index (χ1v) is 16.9. The zero-order valence-corrected chi connectivity index (χ0v) is 27.9. The van der Waals surface area contributed by atoms with Gasteiger partial charge in [0.05, 0.1) is 5.69 Å². The van der Waals surface area contributed by atoms with Crippen LogP contribution in [0.1, 0.15) is 24.0 Å². The number of aryl methyl sites for hydroxylation is 1. The van der Waals surface area contributed by atoms with Gasteiger partial charge in [-0.15, -0.1) is 0 Å². The predicted molar refractivity (Wildman–Crippen MR) is 191 cm³/mol. The van der Waals surface area contributed by atoms with Gasteiger partial charge in [-0.25, -0.2) is 9.97 Å². The molecule has 0 amide bonds. The van der Waals surface area contributed by atoms with E-state index < -0.39 is 0 Å². The van der Waals surface area contributed by atoms with Gasteiger partial charge in [-0.05, 0) is 57.2 Å². The Hall–Kier alpha value is -3.76. The highest BCUT2D eigenvalue weighted by Crippen LogP contribution is 2.29. The fourth-order valence-corrected chi connectivity index (χ4v) is 6.19. The van der Waals surface area contributed by atoms with Crippen molar-refractivity contribution in [3.63, 3.8) is 0 Å². The fourth-order valence-electron chi connectivity index (χ4n) is 6.19. The van der Waals surface area contributed by atoms with Crippen LogP contribution in [0.5, 0.6) is 0 Å².